The van der Waals surface area contributed by atoms with Crippen LogP contribution >= 0.6 is 23.2 Å². The summed E-state index contributed by atoms with van der Waals surface area (Å²) in [5.74, 6) is -0.702. The lowest BCUT2D eigenvalue weighted by Gasteiger charge is -2.25. The molecule has 1 aliphatic rings. The van der Waals surface area contributed by atoms with Crippen LogP contribution in [0.4, 0.5) is 0 Å². The van der Waals surface area contributed by atoms with Gasteiger partial charge in [-0.1, -0.05) is 35.3 Å². The first-order chi connectivity index (χ1) is 12.0. The second kappa shape index (κ2) is 5.90. The molecule has 1 aliphatic carbocycles. The van der Waals surface area contributed by atoms with Gasteiger partial charge in [-0.05, 0) is 48.7 Å². The standard InChI is InChI=1S/C19H13Cl2NO3/c20-11-3-1-10(2-4-11)13-6-8-16-17(18(13)23)19(24)14-9-12(21)5-7-15(14)22(16)25/h1-5,7,9,13,25H,6,8H2. The molecule has 1 atom stereocenters. The number of hydrogen-bond donors (Lipinski definition) is 1. The molecule has 0 radical (unpaired) electrons. The molecular weight excluding hydrogens is 361 g/mol. The van der Waals surface area contributed by atoms with Crippen LogP contribution in [0.3, 0.4) is 0 Å². The molecule has 1 heterocycles. The van der Waals surface area contributed by atoms with Crippen molar-refractivity contribution in [3.05, 3.63) is 79.6 Å². The van der Waals surface area contributed by atoms with Crippen molar-refractivity contribution >= 4 is 39.9 Å². The second-order valence-corrected chi connectivity index (χ2v) is 7.00. The molecule has 1 aromatic heterocycles. The Morgan fingerprint density at radius 2 is 1.68 bits per heavy atom. The Balaban J connectivity index is 1.92. The van der Waals surface area contributed by atoms with Crippen molar-refractivity contribution in [1.29, 1.82) is 0 Å². The summed E-state index contributed by atoms with van der Waals surface area (Å²) in [6, 6.07) is 11.7. The molecule has 0 bridgehead atoms. The summed E-state index contributed by atoms with van der Waals surface area (Å²) >= 11 is 11.9. The number of hydrogen-bond acceptors (Lipinski definition) is 3. The highest BCUT2D eigenvalue weighted by atomic mass is 35.5. The summed E-state index contributed by atoms with van der Waals surface area (Å²) in [6.07, 6.45) is 0.950. The number of ketones is 1. The van der Waals surface area contributed by atoms with Gasteiger partial charge in [-0.3, -0.25) is 9.59 Å². The second-order valence-electron chi connectivity index (χ2n) is 6.13. The van der Waals surface area contributed by atoms with E-state index in [9.17, 15) is 14.8 Å². The first-order valence-corrected chi connectivity index (χ1v) is 8.59. The number of Topliss-reactive ketones (excluding diaryl/α,β-unsaturated/α-hetero) is 1. The van der Waals surface area contributed by atoms with Crippen molar-refractivity contribution in [2.75, 3.05) is 0 Å². The van der Waals surface area contributed by atoms with Crippen molar-refractivity contribution in [3.8, 4) is 0 Å². The normalized spacial score (nSPS) is 16.9. The van der Waals surface area contributed by atoms with Crippen molar-refractivity contribution in [2.45, 2.75) is 18.8 Å². The summed E-state index contributed by atoms with van der Waals surface area (Å²) in [6.45, 7) is 0. The summed E-state index contributed by atoms with van der Waals surface area (Å²) in [4.78, 5) is 25.9. The van der Waals surface area contributed by atoms with Gasteiger partial charge in [-0.2, -0.15) is 4.73 Å². The third kappa shape index (κ3) is 2.53. The van der Waals surface area contributed by atoms with E-state index in [1.807, 2.05) is 0 Å². The molecule has 0 fully saturated rings. The molecule has 0 saturated carbocycles. The third-order valence-electron chi connectivity index (χ3n) is 4.71. The number of nitrogens with zero attached hydrogens (tertiary/aromatic N) is 1. The molecule has 25 heavy (non-hydrogen) atoms. The summed E-state index contributed by atoms with van der Waals surface area (Å²) < 4.78 is 0.943. The highest BCUT2D eigenvalue weighted by Crippen LogP contribution is 2.33. The molecule has 1 N–H and O–H groups in total. The van der Waals surface area contributed by atoms with E-state index in [1.165, 1.54) is 6.07 Å². The van der Waals surface area contributed by atoms with Crippen molar-refractivity contribution < 1.29 is 10.0 Å². The number of carbonyl (C=O) groups excluding carboxylic acids is 1. The maximum atomic E-state index is 13.0. The van der Waals surface area contributed by atoms with Crippen LogP contribution in [0.1, 0.15) is 34.0 Å². The van der Waals surface area contributed by atoms with Crippen molar-refractivity contribution in [3.63, 3.8) is 0 Å². The van der Waals surface area contributed by atoms with Gasteiger partial charge < -0.3 is 5.21 Å². The molecule has 0 saturated heterocycles. The van der Waals surface area contributed by atoms with Crippen LogP contribution in [-0.2, 0) is 6.42 Å². The van der Waals surface area contributed by atoms with Crippen LogP contribution in [0.25, 0.3) is 10.9 Å². The molecule has 3 aromatic rings. The first-order valence-electron chi connectivity index (χ1n) is 7.83. The minimum atomic E-state index is -0.422. The Labute approximate surface area is 153 Å². The zero-order valence-electron chi connectivity index (χ0n) is 13.0. The molecule has 0 amide bonds. The highest BCUT2D eigenvalue weighted by Gasteiger charge is 2.33. The van der Waals surface area contributed by atoms with Crippen LogP contribution < -0.4 is 5.43 Å². The van der Waals surface area contributed by atoms with E-state index in [4.69, 9.17) is 23.2 Å². The largest absolute Gasteiger partial charge is 0.428 e. The fraction of sp³-hybridized carbons (Fsp3) is 0.158. The van der Waals surface area contributed by atoms with Gasteiger partial charge in [0.2, 0.25) is 5.43 Å². The molecular formula is C19H13Cl2NO3. The van der Waals surface area contributed by atoms with Gasteiger partial charge in [0.05, 0.1) is 22.2 Å². The van der Waals surface area contributed by atoms with Crippen molar-refractivity contribution in [2.24, 2.45) is 0 Å². The number of halogens is 2. The Hall–Kier alpha value is -2.30. The Kier molecular flexibility index (Phi) is 3.82. The number of fused-ring (bicyclic) bond motifs is 2. The van der Waals surface area contributed by atoms with E-state index in [2.05, 4.69) is 0 Å². The Morgan fingerprint density at radius 3 is 2.40 bits per heavy atom. The van der Waals surface area contributed by atoms with Crippen LogP contribution in [-0.4, -0.2) is 15.7 Å². The first kappa shape index (κ1) is 16.2. The number of benzene rings is 2. The van der Waals surface area contributed by atoms with E-state index in [0.29, 0.717) is 34.1 Å². The van der Waals surface area contributed by atoms with Crippen LogP contribution in [0, 0.1) is 0 Å². The van der Waals surface area contributed by atoms with Crippen LogP contribution in [0.5, 0.6) is 0 Å². The number of aromatic nitrogens is 1. The smallest absolute Gasteiger partial charge is 0.200 e. The van der Waals surface area contributed by atoms with Gasteiger partial charge in [0, 0.05) is 16.0 Å². The number of carbonyl (C=O) groups is 1. The molecule has 4 rings (SSSR count). The zero-order valence-corrected chi connectivity index (χ0v) is 14.5. The zero-order chi connectivity index (χ0) is 17.7. The van der Waals surface area contributed by atoms with E-state index in [0.717, 1.165) is 10.3 Å². The van der Waals surface area contributed by atoms with Gasteiger partial charge in [-0.15, -0.1) is 0 Å². The molecule has 0 aliphatic heterocycles. The topological polar surface area (TPSA) is 59.3 Å². The lowest BCUT2D eigenvalue weighted by molar-refractivity contribution is 0.0932. The molecule has 6 heteroatoms. The van der Waals surface area contributed by atoms with Crippen LogP contribution in [0.2, 0.25) is 10.0 Å². The maximum Gasteiger partial charge on any atom is 0.200 e. The monoisotopic (exact) mass is 373 g/mol. The predicted molar refractivity (Wildman–Crippen MR) is 97.2 cm³/mol. The SMILES string of the molecule is O=C1c2c(n(O)c3ccc(Cl)cc3c2=O)CCC1c1ccc(Cl)cc1. The van der Waals surface area contributed by atoms with E-state index >= 15 is 0 Å². The van der Waals surface area contributed by atoms with Gasteiger partial charge in [0.15, 0.2) is 5.78 Å². The summed E-state index contributed by atoms with van der Waals surface area (Å²) in [5.41, 5.74) is 1.18. The predicted octanol–water partition coefficient (Wildman–Crippen LogP) is 4.46. The average molecular weight is 374 g/mol. The van der Waals surface area contributed by atoms with Gasteiger partial charge in [0.1, 0.15) is 0 Å². The Morgan fingerprint density at radius 1 is 1.00 bits per heavy atom. The van der Waals surface area contributed by atoms with E-state index in [1.54, 1.807) is 36.4 Å². The van der Waals surface area contributed by atoms with Crippen LogP contribution in [0.15, 0.2) is 47.3 Å². The van der Waals surface area contributed by atoms with Gasteiger partial charge >= 0.3 is 0 Å². The van der Waals surface area contributed by atoms with Gasteiger partial charge in [-0.25, -0.2) is 0 Å². The fourth-order valence-corrected chi connectivity index (χ4v) is 3.77. The molecule has 1 unspecified atom stereocenters. The number of pyridine rings is 1. The minimum absolute atomic E-state index is 0.0449. The molecule has 2 aromatic carbocycles. The van der Waals surface area contributed by atoms with Crippen molar-refractivity contribution in [1.82, 2.24) is 4.73 Å². The number of rotatable bonds is 1. The van der Waals surface area contributed by atoms with Gasteiger partial charge in [0.25, 0.3) is 0 Å². The molecule has 126 valence electrons. The molecule has 4 nitrogen and oxygen atoms in total. The minimum Gasteiger partial charge on any atom is -0.428 e. The fourth-order valence-electron chi connectivity index (χ4n) is 3.48. The molecule has 0 spiro atoms. The highest BCUT2D eigenvalue weighted by molar-refractivity contribution is 6.31. The summed E-state index contributed by atoms with van der Waals surface area (Å²) in [7, 11) is 0. The average Bonchev–Trinajstić information content (AvgIpc) is 2.60. The van der Waals surface area contributed by atoms with E-state index in [-0.39, 0.29) is 22.2 Å². The van der Waals surface area contributed by atoms with E-state index < -0.39 is 5.92 Å². The lowest BCUT2D eigenvalue weighted by atomic mass is 9.80. The quantitative estimate of drug-likeness (QED) is 0.640. The Bertz CT molecular complexity index is 1070. The summed E-state index contributed by atoms with van der Waals surface area (Å²) in [5, 5.41) is 11.7. The lowest BCUT2D eigenvalue weighted by Crippen LogP contribution is -2.31. The third-order valence-corrected chi connectivity index (χ3v) is 5.19. The maximum absolute atomic E-state index is 13.0.